The van der Waals surface area contributed by atoms with Crippen molar-refractivity contribution in [3.05, 3.63) is 47.6 Å². The molecule has 0 radical (unpaired) electrons. The lowest BCUT2D eigenvalue weighted by Gasteiger charge is -2.14. The summed E-state index contributed by atoms with van der Waals surface area (Å²) in [5, 5.41) is 14.6. The maximum absolute atomic E-state index is 11.2. The minimum absolute atomic E-state index is 0.722. The number of rotatable bonds is 7. The van der Waals surface area contributed by atoms with Crippen LogP contribution in [-0.2, 0) is 17.8 Å². The van der Waals surface area contributed by atoms with Gasteiger partial charge in [-0.3, -0.25) is 4.98 Å². The van der Waals surface area contributed by atoms with Crippen LogP contribution in [0.3, 0.4) is 0 Å². The molecule has 0 saturated carbocycles. The van der Waals surface area contributed by atoms with E-state index in [0.717, 1.165) is 64.8 Å². The molecule has 6 heteroatoms. The first-order chi connectivity index (χ1) is 13.0. The van der Waals surface area contributed by atoms with E-state index in [1.165, 1.54) is 6.08 Å². The van der Waals surface area contributed by atoms with Crippen LogP contribution in [0.4, 0.5) is 0 Å². The van der Waals surface area contributed by atoms with E-state index in [1.54, 1.807) is 6.08 Å². The zero-order chi connectivity index (χ0) is 19.4. The molecule has 0 spiro atoms. The summed E-state index contributed by atoms with van der Waals surface area (Å²) in [6, 6.07) is 2.06. The minimum atomic E-state index is -0.978. The number of aromatic nitrogens is 4. The van der Waals surface area contributed by atoms with Crippen molar-refractivity contribution < 1.29 is 9.90 Å². The third-order valence-corrected chi connectivity index (χ3v) is 4.52. The van der Waals surface area contributed by atoms with Gasteiger partial charge in [0.2, 0.25) is 0 Å². The Morgan fingerprint density at radius 2 is 2.07 bits per heavy atom. The molecule has 3 heterocycles. The monoisotopic (exact) mass is 364 g/mol. The highest BCUT2D eigenvalue weighted by Crippen LogP contribution is 2.34. The number of pyridine rings is 2. The zero-order valence-electron chi connectivity index (χ0n) is 15.9. The van der Waals surface area contributed by atoms with Crippen LogP contribution in [0.25, 0.3) is 28.2 Å². The fraction of sp³-hybridized carbons (Fsp3) is 0.333. The van der Waals surface area contributed by atoms with Crippen molar-refractivity contribution in [1.29, 1.82) is 0 Å². The number of hydrogen-bond donors (Lipinski definition) is 1. The molecule has 0 atom stereocenters. The number of nitrogens with zero attached hydrogens (tertiary/aromatic N) is 4. The van der Waals surface area contributed by atoms with Crippen LogP contribution < -0.4 is 0 Å². The first-order valence-electron chi connectivity index (χ1n) is 9.26. The molecule has 0 fully saturated rings. The van der Waals surface area contributed by atoms with Gasteiger partial charge in [0.15, 0.2) is 5.65 Å². The highest BCUT2D eigenvalue weighted by atomic mass is 16.4. The number of carbonyl (C=O) groups is 1. The molecule has 0 saturated heterocycles. The summed E-state index contributed by atoms with van der Waals surface area (Å²) in [5.74, 6) is -0.978. The Bertz CT molecular complexity index is 1000. The molecule has 0 bridgehead atoms. The fourth-order valence-electron chi connectivity index (χ4n) is 3.25. The van der Waals surface area contributed by atoms with E-state index in [4.69, 9.17) is 10.1 Å². The molecule has 0 aliphatic carbocycles. The van der Waals surface area contributed by atoms with Crippen molar-refractivity contribution in [1.82, 2.24) is 19.7 Å². The molecule has 0 amide bonds. The number of aliphatic carboxylic acids is 1. The fourth-order valence-corrected chi connectivity index (χ4v) is 3.25. The van der Waals surface area contributed by atoms with Gasteiger partial charge in [-0.15, -0.1) is 0 Å². The highest BCUT2D eigenvalue weighted by molar-refractivity contribution is 5.99. The lowest BCUT2D eigenvalue weighted by Crippen LogP contribution is -2.04. The van der Waals surface area contributed by atoms with Crippen molar-refractivity contribution in [2.75, 3.05) is 0 Å². The average Bonchev–Trinajstić information content (AvgIpc) is 3.06. The summed E-state index contributed by atoms with van der Waals surface area (Å²) in [4.78, 5) is 20.4. The van der Waals surface area contributed by atoms with Gasteiger partial charge >= 0.3 is 5.97 Å². The number of carboxylic acids is 1. The number of fused-ring (bicyclic) bond motifs is 1. The Labute approximate surface area is 158 Å². The maximum Gasteiger partial charge on any atom is 0.328 e. The van der Waals surface area contributed by atoms with E-state index in [2.05, 4.69) is 23.1 Å². The molecule has 3 aromatic rings. The zero-order valence-corrected chi connectivity index (χ0v) is 15.9. The highest BCUT2D eigenvalue weighted by Gasteiger charge is 2.18. The first-order valence-corrected chi connectivity index (χ1v) is 9.26. The lowest BCUT2D eigenvalue weighted by molar-refractivity contribution is -0.131. The van der Waals surface area contributed by atoms with Gasteiger partial charge in [-0.05, 0) is 44.4 Å². The third kappa shape index (κ3) is 3.89. The number of carboxylic acid groups (broad SMARTS) is 1. The molecular formula is C21H24N4O2. The first kappa shape index (κ1) is 18.8. The Morgan fingerprint density at radius 3 is 2.74 bits per heavy atom. The van der Waals surface area contributed by atoms with Crippen LogP contribution >= 0.6 is 0 Å². The predicted molar refractivity (Wildman–Crippen MR) is 106 cm³/mol. The van der Waals surface area contributed by atoms with Gasteiger partial charge in [-0.2, -0.15) is 5.10 Å². The summed E-state index contributed by atoms with van der Waals surface area (Å²) in [6.45, 7) is 6.88. The smallest absolute Gasteiger partial charge is 0.328 e. The average molecular weight is 364 g/mol. The van der Waals surface area contributed by atoms with Crippen molar-refractivity contribution >= 4 is 23.1 Å². The molecule has 0 aromatic carbocycles. The van der Waals surface area contributed by atoms with Gasteiger partial charge in [-0.25, -0.2) is 14.5 Å². The number of hydrogen-bond acceptors (Lipinski definition) is 4. The van der Waals surface area contributed by atoms with Crippen molar-refractivity contribution in [3.8, 4) is 11.1 Å². The van der Waals surface area contributed by atoms with E-state index in [9.17, 15) is 4.79 Å². The van der Waals surface area contributed by atoms with Crippen LogP contribution in [0.5, 0.6) is 0 Å². The topological polar surface area (TPSA) is 80.9 Å². The van der Waals surface area contributed by atoms with E-state index >= 15 is 0 Å². The SMILES string of the molecule is CCCCc1nc2c(cnn2CC)c(-c2cncc(C)c2)c1/C=C/C(=O)O. The molecule has 1 N–H and O–H groups in total. The van der Waals surface area contributed by atoms with E-state index < -0.39 is 5.97 Å². The Balaban J connectivity index is 2.37. The Morgan fingerprint density at radius 1 is 1.26 bits per heavy atom. The largest absolute Gasteiger partial charge is 0.478 e. The van der Waals surface area contributed by atoms with Crippen LogP contribution in [0.1, 0.15) is 43.5 Å². The molecule has 0 aliphatic heterocycles. The minimum Gasteiger partial charge on any atom is -0.478 e. The summed E-state index contributed by atoms with van der Waals surface area (Å²) in [5.41, 5.74) is 5.49. The third-order valence-electron chi connectivity index (χ3n) is 4.52. The second kappa shape index (κ2) is 8.12. The number of unbranched alkanes of at least 4 members (excludes halogenated alkanes) is 1. The van der Waals surface area contributed by atoms with Crippen molar-refractivity contribution in [2.24, 2.45) is 0 Å². The quantitative estimate of drug-likeness (QED) is 0.634. The Kier molecular flexibility index (Phi) is 5.64. The molecule has 6 nitrogen and oxygen atoms in total. The molecular weight excluding hydrogens is 340 g/mol. The van der Waals surface area contributed by atoms with E-state index in [0.29, 0.717) is 0 Å². The molecule has 27 heavy (non-hydrogen) atoms. The van der Waals surface area contributed by atoms with Gasteiger partial charge in [0, 0.05) is 47.1 Å². The summed E-state index contributed by atoms with van der Waals surface area (Å²) < 4.78 is 1.88. The molecule has 3 rings (SSSR count). The van der Waals surface area contributed by atoms with Gasteiger partial charge in [-0.1, -0.05) is 13.3 Å². The van der Waals surface area contributed by atoms with E-state index in [-0.39, 0.29) is 0 Å². The summed E-state index contributed by atoms with van der Waals surface area (Å²) in [6.07, 6.45) is 11.1. The second-order valence-electron chi connectivity index (χ2n) is 6.57. The molecule has 0 unspecified atom stereocenters. The van der Waals surface area contributed by atoms with Gasteiger partial charge in [0.1, 0.15) is 0 Å². The maximum atomic E-state index is 11.2. The molecule has 0 aliphatic rings. The predicted octanol–water partition coefficient (Wildman–Crippen LogP) is 4.26. The van der Waals surface area contributed by atoms with Crippen molar-refractivity contribution in [2.45, 2.75) is 46.6 Å². The molecule has 140 valence electrons. The number of aryl methyl sites for hydroxylation is 3. The second-order valence-corrected chi connectivity index (χ2v) is 6.57. The van der Waals surface area contributed by atoms with Gasteiger partial charge < -0.3 is 5.11 Å². The Hall–Kier alpha value is -3.02. The van der Waals surface area contributed by atoms with Gasteiger partial charge in [0.05, 0.1) is 11.9 Å². The molecule has 3 aromatic heterocycles. The van der Waals surface area contributed by atoms with Crippen LogP contribution in [0.15, 0.2) is 30.7 Å². The standard InChI is InChI=1S/C21H24N4O2/c1-4-6-7-18-16(8-9-19(26)27)20(15-10-14(3)11-22-12-15)17-13-23-25(5-2)21(17)24-18/h8-13H,4-7H2,1-3H3,(H,26,27)/b9-8+. The summed E-state index contributed by atoms with van der Waals surface area (Å²) in [7, 11) is 0. The van der Waals surface area contributed by atoms with Crippen molar-refractivity contribution in [3.63, 3.8) is 0 Å². The van der Waals surface area contributed by atoms with Crippen LogP contribution in [-0.4, -0.2) is 30.8 Å². The summed E-state index contributed by atoms with van der Waals surface area (Å²) >= 11 is 0. The normalized spacial score (nSPS) is 11.5. The van der Waals surface area contributed by atoms with E-state index in [1.807, 2.05) is 37.1 Å². The van der Waals surface area contributed by atoms with Gasteiger partial charge in [0.25, 0.3) is 0 Å². The van der Waals surface area contributed by atoms with Crippen LogP contribution in [0.2, 0.25) is 0 Å². The lowest BCUT2D eigenvalue weighted by atomic mass is 9.94. The van der Waals surface area contributed by atoms with Crippen LogP contribution in [0, 0.1) is 6.92 Å².